The van der Waals surface area contributed by atoms with Gasteiger partial charge in [0.2, 0.25) is 0 Å². The average molecular weight is 207 g/mol. The Hall–Kier alpha value is -0.310. The van der Waals surface area contributed by atoms with E-state index in [2.05, 4.69) is 11.1 Å². The monoisotopic (exact) mass is 206 g/mol. The van der Waals surface area contributed by atoms with Crippen molar-refractivity contribution in [3.05, 3.63) is 29.6 Å². The molecule has 0 radical (unpaired) electrons. The first-order valence-corrected chi connectivity index (χ1v) is 3.57. The summed E-state index contributed by atoms with van der Waals surface area (Å²) in [7, 11) is 0. The van der Waals surface area contributed by atoms with Gasteiger partial charge in [0.1, 0.15) is 0 Å². The van der Waals surface area contributed by atoms with Gasteiger partial charge in [0.05, 0.1) is 0 Å². The first kappa shape index (κ1) is 11.7. The highest BCUT2D eigenvalue weighted by Gasteiger charge is 2.18. The fourth-order valence-corrected chi connectivity index (χ4v) is 1.44. The van der Waals surface area contributed by atoms with Crippen molar-refractivity contribution in [1.82, 2.24) is 4.98 Å². The minimum absolute atomic E-state index is 0. The molecule has 0 bridgehead atoms. The first-order valence-electron chi connectivity index (χ1n) is 3.57. The van der Waals surface area contributed by atoms with Crippen molar-refractivity contribution in [3.63, 3.8) is 0 Å². The van der Waals surface area contributed by atoms with E-state index < -0.39 is 0 Å². The lowest BCUT2D eigenvalue weighted by Gasteiger charge is -2.00. The molecule has 1 aliphatic rings. The van der Waals surface area contributed by atoms with Crippen LogP contribution in [0.3, 0.4) is 0 Å². The van der Waals surface area contributed by atoms with Crippen molar-refractivity contribution >= 4 is 24.8 Å². The summed E-state index contributed by atoms with van der Waals surface area (Å²) in [6, 6.07) is 4.26. The topological polar surface area (TPSA) is 38.9 Å². The molecule has 1 aliphatic carbocycles. The van der Waals surface area contributed by atoms with Gasteiger partial charge in [-0.3, -0.25) is 4.98 Å². The van der Waals surface area contributed by atoms with E-state index in [9.17, 15) is 0 Å². The predicted molar refractivity (Wildman–Crippen MR) is 54.0 cm³/mol. The second-order valence-electron chi connectivity index (χ2n) is 2.68. The van der Waals surface area contributed by atoms with E-state index in [1.807, 2.05) is 12.3 Å². The Morgan fingerprint density at radius 2 is 2.17 bits per heavy atom. The maximum Gasteiger partial charge on any atom is 0.0451 e. The smallest absolute Gasteiger partial charge is 0.0451 e. The van der Waals surface area contributed by atoms with E-state index in [1.54, 1.807) is 0 Å². The zero-order valence-electron chi connectivity index (χ0n) is 6.56. The van der Waals surface area contributed by atoms with Crippen LogP contribution in [0.25, 0.3) is 0 Å². The summed E-state index contributed by atoms with van der Waals surface area (Å²) in [5.74, 6) is 0. The van der Waals surface area contributed by atoms with Gasteiger partial charge < -0.3 is 5.73 Å². The van der Waals surface area contributed by atoms with Crippen molar-refractivity contribution in [2.24, 2.45) is 5.73 Å². The van der Waals surface area contributed by atoms with Crippen molar-refractivity contribution < 1.29 is 0 Å². The highest BCUT2D eigenvalue weighted by Crippen LogP contribution is 2.26. The van der Waals surface area contributed by atoms with Gasteiger partial charge in [-0.2, -0.15) is 0 Å². The molecule has 0 saturated carbocycles. The molecular weight excluding hydrogens is 195 g/mol. The molecule has 2 N–H and O–H groups in total. The summed E-state index contributed by atoms with van der Waals surface area (Å²) in [5, 5.41) is 0. The lowest BCUT2D eigenvalue weighted by atomic mass is 10.2. The fourth-order valence-electron chi connectivity index (χ4n) is 1.44. The van der Waals surface area contributed by atoms with Crippen LogP contribution >= 0.6 is 24.8 Å². The van der Waals surface area contributed by atoms with Gasteiger partial charge in [-0.05, 0) is 24.5 Å². The number of nitrogens with two attached hydrogens (primary N) is 1. The molecule has 0 spiro atoms. The van der Waals surface area contributed by atoms with Crippen LogP contribution in [0.1, 0.15) is 23.7 Å². The van der Waals surface area contributed by atoms with E-state index in [0.29, 0.717) is 0 Å². The summed E-state index contributed by atoms with van der Waals surface area (Å²) < 4.78 is 0. The van der Waals surface area contributed by atoms with Crippen LogP contribution in [-0.2, 0) is 6.42 Å². The third kappa shape index (κ3) is 1.89. The predicted octanol–water partition coefficient (Wildman–Crippen LogP) is 1.87. The lowest BCUT2D eigenvalue weighted by Crippen LogP contribution is -2.04. The molecule has 2 nitrogen and oxygen atoms in total. The summed E-state index contributed by atoms with van der Waals surface area (Å²) >= 11 is 0. The summed E-state index contributed by atoms with van der Waals surface area (Å²) in [5.41, 5.74) is 8.23. The van der Waals surface area contributed by atoms with Crippen molar-refractivity contribution in [3.8, 4) is 0 Å². The average Bonchev–Trinajstić information content (AvgIpc) is 2.34. The van der Waals surface area contributed by atoms with Gasteiger partial charge in [0.15, 0.2) is 0 Å². The quantitative estimate of drug-likeness (QED) is 0.705. The molecule has 1 atom stereocenters. The number of halogens is 2. The molecule has 1 heterocycles. The van der Waals surface area contributed by atoms with Crippen LogP contribution in [0, 0.1) is 0 Å². The largest absolute Gasteiger partial charge is 0.324 e. The summed E-state index contributed by atoms with van der Waals surface area (Å²) in [6.45, 7) is 0. The van der Waals surface area contributed by atoms with Gasteiger partial charge in [-0.1, -0.05) is 6.07 Å². The number of hydrogen-bond acceptors (Lipinski definition) is 2. The summed E-state index contributed by atoms with van der Waals surface area (Å²) in [6.07, 6.45) is 3.94. The van der Waals surface area contributed by atoms with E-state index in [4.69, 9.17) is 5.73 Å². The number of aryl methyl sites for hydroxylation is 1. The van der Waals surface area contributed by atoms with Crippen LogP contribution in [-0.4, -0.2) is 4.98 Å². The highest BCUT2D eigenvalue weighted by atomic mass is 35.5. The molecule has 0 fully saturated rings. The first-order chi connectivity index (χ1) is 4.88. The minimum atomic E-state index is 0. The van der Waals surface area contributed by atoms with Crippen molar-refractivity contribution in [2.45, 2.75) is 18.9 Å². The second kappa shape index (κ2) is 4.65. The van der Waals surface area contributed by atoms with E-state index >= 15 is 0 Å². The Morgan fingerprint density at radius 1 is 1.42 bits per heavy atom. The number of pyridine rings is 1. The normalized spacial score (nSPS) is 18.9. The van der Waals surface area contributed by atoms with Crippen molar-refractivity contribution in [2.75, 3.05) is 0 Å². The number of hydrogen-bond donors (Lipinski definition) is 1. The molecule has 1 unspecified atom stereocenters. The van der Waals surface area contributed by atoms with Crippen LogP contribution in [0.2, 0.25) is 0 Å². The molecule has 1 aromatic heterocycles. The molecule has 4 heteroatoms. The van der Waals surface area contributed by atoms with Crippen molar-refractivity contribution in [1.29, 1.82) is 0 Å². The van der Waals surface area contributed by atoms with Gasteiger partial charge in [-0.25, -0.2) is 0 Å². The van der Waals surface area contributed by atoms with Crippen LogP contribution in [0.15, 0.2) is 18.3 Å². The highest BCUT2D eigenvalue weighted by molar-refractivity contribution is 5.85. The van der Waals surface area contributed by atoms with Crippen LogP contribution in [0.4, 0.5) is 0 Å². The van der Waals surface area contributed by atoms with E-state index in [0.717, 1.165) is 12.8 Å². The van der Waals surface area contributed by atoms with Gasteiger partial charge in [0.25, 0.3) is 0 Å². The van der Waals surface area contributed by atoms with Gasteiger partial charge in [0, 0.05) is 17.9 Å². The zero-order chi connectivity index (χ0) is 6.97. The maximum absolute atomic E-state index is 5.81. The number of nitrogens with zero attached hydrogens (tertiary/aromatic N) is 1. The molecule has 12 heavy (non-hydrogen) atoms. The van der Waals surface area contributed by atoms with E-state index in [1.165, 1.54) is 11.3 Å². The Labute approximate surface area is 84.4 Å². The van der Waals surface area contributed by atoms with Crippen LogP contribution in [0.5, 0.6) is 0 Å². The lowest BCUT2D eigenvalue weighted by molar-refractivity contribution is 0.712. The fraction of sp³-hybridized carbons (Fsp3) is 0.375. The second-order valence-corrected chi connectivity index (χ2v) is 2.68. The maximum atomic E-state index is 5.81. The Balaban J connectivity index is 0.000000605. The molecule has 0 aromatic carbocycles. The summed E-state index contributed by atoms with van der Waals surface area (Å²) in [4.78, 5) is 4.23. The van der Waals surface area contributed by atoms with Gasteiger partial charge >= 0.3 is 0 Å². The molecule has 0 aliphatic heterocycles. The number of fused-ring (bicyclic) bond motifs is 1. The van der Waals surface area contributed by atoms with Crippen LogP contribution < -0.4 is 5.73 Å². The number of aromatic nitrogens is 1. The number of rotatable bonds is 0. The Bertz CT molecular complexity index is 253. The molecule has 2 rings (SSSR count). The standard InChI is InChI=1S/C8H10N2.2ClH/c9-7-3-4-8-6(7)2-1-5-10-8;;/h1-2,5,7H,3-4,9H2;2*1H. The Morgan fingerprint density at radius 3 is 2.83 bits per heavy atom. The Kier molecular flexibility index (Phi) is 4.53. The third-order valence-electron chi connectivity index (χ3n) is 2.02. The SMILES string of the molecule is Cl.Cl.NC1CCc2ncccc21. The molecule has 0 amide bonds. The van der Waals surface area contributed by atoms with Gasteiger partial charge in [-0.15, -0.1) is 24.8 Å². The molecule has 1 aromatic rings. The molecular formula is C8H12Cl2N2. The molecule has 0 saturated heterocycles. The third-order valence-corrected chi connectivity index (χ3v) is 2.02. The molecule has 68 valence electrons. The minimum Gasteiger partial charge on any atom is -0.324 e. The zero-order valence-corrected chi connectivity index (χ0v) is 8.20. The van der Waals surface area contributed by atoms with E-state index in [-0.39, 0.29) is 30.9 Å².